The molecule has 3 aromatic carbocycles. The maximum absolute atomic E-state index is 13.7. The van der Waals surface area contributed by atoms with Crippen molar-refractivity contribution in [1.29, 1.82) is 0 Å². The molecule has 2 amide bonds. The lowest BCUT2D eigenvalue weighted by Gasteiger charge is -2.32. The molecule has 6 heteroatoms. The van der Waals surface area contributed by atoms with Crippen LogP contribution in [0.2, 0.25) is 5.02 Å². The summed E-state index contributed by atoms with van der Waals surface area (Å²) in [7, 11) is 0. The molecular formula is C30H33ClN2O2S. The Balaban J connectivity index is 1.54. The van der Waals surface area contributed by atoms with Crippen LogP contribution in [0.4, 0.5) is 0 Å². The number of amides is 2. The molecule has 0 aliphatic heterocycles. The highest BCUT2D eigenvalue weighted by Crippen LogP contribution is 2.22. The fourth-order valence-corrected chi connectivity index (χ4v) is 5.74. The fraction of sp³-hybridized carbons (Fsp3) is 0.333. The number of carbonyl (C=O) groups is 2. The van der Waals surface area contributed by atoms with Gasteiger partial charge in [0.2, 0.25) is 11.8 Å². The van der Waals surface area contributed by atoms with Crippen molar-refractivity contribution < 1.29 is 9.59 Å². The van der Waals surface area contributed by atoms with Gasteiger partial charge in [0.1, 0.15) is 6.04 Å². The molecule has 0 unspecified atom stereocenters. The molecule has 1 aliphatic rings. The normalized spacial score (nSPS) is 14.4. The van der Waals surface area contributed by atoms with Crippen molar-refractivity contribution in [2.45, 2.75) is 56.5 Å². The van der Waals surface area contributed by atoms with Crippen LogP contribution in [-0.4, -0.2) is 34.6 Å². The minimum Gasteiger partial charge on any atom is -0.352 e. The van der Waals surface area contributed by atoms with E-state index in [1.807, 2.05) is 84.9 Å². The van der Waals surface area contributed by atoms with Crippen LogP contribution in [0, 0.1) is 0 Å². The molecule has 1 N–H and O–H groups in total. The third kappa shape index (κ3) is 7.87. The first-order valence-electron chi connectivity index (χ1n) is 12.6. The second kappa shape index (κ2) is 13.5. The van der Waals surface area contributed by atoms with Crippen LogP contribution in [0.3, 0.4) is 0 Å². The molecule has 1 saturated carbocycles. The van der Waals surface area contributed by atoms with Gasteiger partial charge in [0.15, 0.2) is 0 Å². The predicted octanol–water partition coefficient (Wildman–Crippen LogP) is 6.27. The van der Waals surface area contributed by atoms with Gasteiger partial charge in [-0.1, -0.05) is 97.2 Å². The van der Waals surface area contributed by atoms with Crippen molar-refractivity contribution in [2.75, 3.05) is 5.75 Å². The molecule has 1 aliphatic carbocycles. The first-order valence-corrected chi connectivity index (χ1v) is 14.1. The molecule has 0 heterocycles. The van der Waals surface area contributed by atoms with Crippen LogP contribution in [0.25, 0.3) is 0 Å². The molecule has 0 bridgehead atoms. The van der Waals surface area contributed by atoms with Crippen LogP contribution in [0.15, 0.2) is 84.9 Å². The fourth-order valence-electron chi connectivity index (χ4n) is 4.67. The van der Waals surface area contributed by atoms with Gasteiger partial charge >= 0.3 is 0 Å². The van der Waals surface area contributed by atoms with Crippen molar-refractivity contribution >= 4 is 35.2 Å². The number of hydrogen-bond acceptors (Lipinski definition) is 3. The van der Waals surface area contributed by atoms with E-state index < -0.39 is 6.04 Å². The van der Waals surface area contributed by atoms with E-state index in [1.165, 1.54) is 0 Å². The van der Waals surface area contributed by atoms with Crippen LogP contribution in [-0.2, 0) is 28.3 Å². The van der Waals surface area contributed by atoms with Gasteiger partial charge in [-0.2, -0.15) is 0 Å². The Morgan fingerprint density at radius 3 is 2.19 bits per heavy atom. The van der Waals surface area contributed by atoms with Crippen molar-refractivity contribution in [3.63, 3.8) is 0 Å². The van der Waals surface area contributed by atoms with Gasteiger partial charge in [-0.15, -0.1) is 11.8 Å². The van der Waals surface area contributed by atoms with Crippen LogP contribution >= 0.6 is 23.4 Å². The van der Waals surface area contributed by atoms with Gasteiger partial charge < -0.3 is 10.2 Å². The summed E-state index contributed by atoms with van der Waals surface area (Å²) in [6, 6.07) is 27.2. The molecule has 188 valence electrons. The van der Waals surface area contributed by atoms with E-state index >= 15 is 0 Å². The Hall–Kier alpha value is -2.76. The zero-order chi connectivity index (χ0) is 25.2. The number of rotatable bonds is 11. The van der Waals surface area contributed by atoms with E-state index in [0.717, 1.165) is 42.4 Å². The summed E-state index contributed by atoms with van der Waals surface area (Å²) >= 11 is 7.67. The summed E-state index contributed by atoms with van der Waals surface area (Å²) in [6.45, 7) is 0.396. The minimum atomic E-state index is -0.576. The zero-order valence-corrected chi connectivity index (χ0v) is 22.0. The molecule has 3 aromatic rings. The highest BCUT2D eigenvalue weighted by Gasteiger charge is 2.32. The summed E-state index contributed by atoms with van der Waals surface area (Å²) in [5.74, 6) is 0.882. The molecule has 4 rings (SSSR count). The first kappa shape index (κ1) is 26.3. The molecule has 1 fully saturated rings. The monoisotopic (exact) mass is 520 g/mol. The minimum absolute atomic E-state index is 0.0339. The Morgan fingerprint density at radius 2 is 1.53 bits per heavy atom. The van der Waals surface area contributed by atoms with E-state index in [4.69, 9.17) is 11.6 Å². The molecule has 0 radical (unpaired) electrons. The molecule has 0 aromatic heterocycles. The molecule has 1 atom stereocenters. The third-order valence-electron chi connectivity index (χ3n) is 6.55. The number of halogens is 1. The molecule has 0 spiro atoms. The summed E-state index contributed by atoms with van der Waals surface area (Å²) in [6.07, 6.45) is 4.77. The summed E-state index contributed by atoms with van der Waals surface area (Å²) in [4.78, 5) is 29.1. The van der Waals surface area contributed by atoms with Crippen LogP contribution in [0.5, 0.6) is 0 Å². The standard InChI is InChI=1S/C30H33ClN2O2S/c31-26-15-9-14-25(18-26)21-36-22-29(34)33(20-24-12-5-2-6-13-24)28(19-23-10-3-1-4-11-23)30(35)32-27-16-7-8-17-27/h1-6,9-15,18,27-28H,7-8,16-17,19-22H2,(H,32,35)/t28-/m1/s1. The van der Waals surface area contributed by atoms with Crippen LogP contribution in [0.1, 0.15) is 42.4 Å². The average Bonchev–Trinajstić information content (AvgIpc) is 3.40. The van der Waals surface area contributed by atoms with Gasteiger partial charge in [0, 0.05) is 29.8 Å². The number of carbonyl (C=O) groups excluding carboxylic acids is 2. The number of benzene rings is 3. The Bertz CT molecular complexity index is 1120. The van der Waals surface area contributed by atoms with Gasteiger partial charge in [0.05, 0.1) is 5.75 Å². The van der Waals surface area contributed by atoms with Gasteiger partial charge in [-0.3, -0.25) is 9.59 Å². The average molecular weight is 521 g/mol. The Morgan fingerprint density at radius 1 is 0.889 bits per heavy atom. The first-order chi connectivity index (χ1) is 17.6. The van der Waals surface area contributed by atoms with E-state index in [0.29, 0.717) is 29.5 Å². The van der Waals surface area contributed by atoms with E-state index in [9.17, 15) is 9.59 Å². The topological polar surface area (TPSA) is 49.4 Å². The smallest absolute Gasteiger partial charge is 0.243 e. The summed E-state index contributed by atoms with van der Waals surface area (Å²) in [5.41, 5.74) is 3.13. The highest BCUT2D eigenvalue weighted by molar-refractivity contribution is 7.99. The third-order valence-corrected chi connectivity index (χ3v) is 7.78. The Kier molecular flexibility index (Phi) is 9.88. The lowest BCUT2D eigenvalue weighted by atomic mass is 10.0. The number of hydrogen-bond donors (Lipinski definition) is 1. The van der Waals surface area contributed by atoms with E-state index in [2.05, 4.69) is 5.32 Å². The van der Waals surface area contributed by atoms with Crippen molar-refractivity contribution in [3.05, 3.63) is 107 Å². The second-order valence-electron chi connectivity index (χ2n) is 9.33. The molecule has 36 heavy (non-hydrogen) atoms. The maximum atomic E-state index is 13.7. The summed E-state index contributed by atoms with van der Waals surface area (Å²) < 4.78 is 0. The lowest BCUT2D eigenvalue weighted by molar-refractivity contribution is -0.139. The van der Waals surface area contributed by atoms with Gasteiger partial charge in [-0.05, 0) is 41.7 Å². The zero-order valence-electron chi connectivity index (χ0n) is 20.4. The molecular weight excluding hydrogens is 488 g/mol. The number of nitrogens with one attached hydrogen (secondary N) is 1. The quantitative estimate of drug-likeness (QED) is 0.324. The largest absolute Gasteiger partial charge is 0.352 e. The Labute approximate surface area is 223 Å². The van der Waals surface area contributed by atoms with E-state index in [1.54, 1.807) is 16.7 Å². The number of nitrogens with zero attached hydrogens (tertiary/aromatic N) is 1. The maximum Gasteiger partial charge on any atom is 0.243 e. The van der Waals surface area contributed by atoms with Crippen LogP contribution < -0.4 is 5.32 Å². The second-order valence-corrected chi connectivity index (χ2v) is 10.7. The predicted molar refractivity (Wildman–Crippen MR) is 149 cm³/mol. The highest BCUT2D eigenvalue weighted by atomic mass is 35.5. The SMILES string of the molecule is O=C(NC1CCCC1)[C@@H](Cc1ccccc1)N(Cc1ccccc1)C(=O)CSCc1cccc(Cl)c1. The van der Waals surface area contributed by atoms with Gasteiger partial charge in [-0.25, -0.2) is 0 Å². The van der Waals surface area contributed by atoms with Gasteiger partial charge in [0.25, 0.3) is 0 Å². The molecule has 0 saturated heterocycles. The lowest BCUT2D eigenvalue weighted by Crippen LogP contribution is -2.52. The summed E-state index contributed by atoms with van der Waals surface area (Å²) in [5, 5.41) is 3.95. The van der Waals surface area contributed by atoms with Crippen molar-refractivity contribution in [2.24, 2.45) is 0 Å². The van der Waals surface area contributed by atoms with Crippen molar-refractivity contribution in [1.82, 2.24) is 10.2 Å². The number of thioether (sulfide) groups is 1. The van der Waals surface area contributed by atoms with Crippen molar-refractivity contribution in [3.8, 4) is 0 Å². The van der Waals surface area contributed by atoms with E-state index in [-0.39, 0.29) is 17.9 Å². The molecule has 4 nitrogen and oxygen atoms in total.